The Morgan fingerprint density at radius 3 is 3.00 bits per heavy atom. The number of hydrogen-bond donors (Lipinski definition) is 2. The number of nitrogens with one attached hydrogen (secondary N) is 1. The van der Waals surface area contributed by atoms with Gasteiger partial charge < -0.3 is 11.1 Å². The fourth-order valence-corrected chi connectivity index (χ4v) is 2.23. The predicted molar refractivity (Wildman–Crippen MR) is 91.6 cm³/mol. The number of aliphatic imine (C=N–C) groups is 1. The van der Waals surface area contributed by atoms with Crippen LogP contribution in [0.4, 0.5) is 16.2 Å². The predicted octanol–water partition coefficient (Wildman–Crippen LogP) is 2.39. The van der Waals surface area contributed by atoms with Gasteiger partial charge in [0.05, 0.1) is 11.7 Å². The number of unbranched alkanes of at least 4 members (excludes halogenated alkanes) is 1. The molecule has 7 nitrogen and oxygen atoms in total. The highest BCUT2D eigenvalue weighted by atomic mass is 19.1. The molecule has 0 bridgehead atoms. The number of aromatic nitrogens is 3. The van der Waals surface area contributed by atoms with Crippen LogP contribution >= 0.6 is 0 Å². The Morgan fingerprint density at radius 1 is 1.50 bits per heavy atom. The van der Waals surface area contributed by atoms with Crippen molar-refractivity contribution in [2.75, 3.05) is 12.3 Å². The van der Waals surface area contributed by atoms with Gasteiger partial charge in [0.25, 0.3) is 0 Å². The molecular formula is C16H21FN6O. The minimum absolute atomic E-state index is 0.00835. The molecule has 0 aliphatic carbocycles. The summed E-state index contributed by atoms with van der Waals surface area (Å²) in [4.78, 5) is 27.5. The van der Waals surface area contributed by atoms with E-state index in [-0.39, 0.29) is 17.8 Å². The molecule has 8 heteroatoms. The number of pyridine rings is 1. The average molecular weight is 332 g/mol. The second-order valence-electron chi connectivity index (χ2n) is 5.54. The van der Waals surface area contributed by atoms with Crippen LogP contribution in [-0.2, 0) is 4.79 Å². The van der Waals surface area contributed by atoms with E-state index in [2.05, 4.69) is 32.2 Å². The molecule has 2 rings (SSSR count). The lowest BCUT2D eigenvalue weighted by molar-refractivity contribution is -0.119. The minimum atomic E-state index is -0.498. The van der Waals surface area contributed by atoms with Gasteiger partial charge in [-0.05, 0) is 6.42 Å². The van der Waals surface area contributed by atoms with Crippen molar-refractivity contribution in [3.05, 3.63) is 18.1 Å². The molecule has 24 heavy (non-hydrogen) atoms. The topological polar surface area (TPSA) is 106 Å². The molecule has 0 saturated carbocycles. The Bertz CT molecular complexity index is 743. The first kappa shape index (κ1) is 17.7. The second-order valence-corrected chi connectivity index (χ2v) is 5.54. The van der Waals surface area contributed by atoms with Crippen molar-refractivity contribution in [2.45, 2.75) is 33.1 Å². The Labute approximate surface area is 139 Å². The number of halogens is 1. The Balaban J connectivity index is 2.27. The van der Waals surface area contributed by atoms with Gasteiger partial charge in [-0.3, -0.25) is 4.79 Å². The number of anilines is 1. The maximum atomic E-state index is 13.3. The number of rotatable bonds is 7. The molecule has 3 N–H and O–H groups in total. The lowest BCUT2D eigenvalue weighted by Crippen LogP contribution is -2.27. The third kappa shape index (κ3) is 4.94. The maximum Gasteiger partial charge on any atom is 0.222 e. The van der Waals surface area contributed by atoms with E-state index in [1.54, 1.807) is 6.21 Å². The minimum Gasteiger partial charge on any atom is -0.368 e. The zero-order chi connectivity index (χ0) is 17.5. The lowest BCUT2D eigenvalue weighted by atomic mass is 10.0. The third-order valence-electron chi connectivity index (χ3n) is 3.45. The highest BCUT2D eigenvalue weighted by Gasteiger charge is 2.10. The van der Waals surface area contributed by atoms with E-state index in [4.69, 9.17) is 5.73 Å². The molecule has 1 unspecified atom stereocenters. The summed E-state index contributed by atoms with van der Waals surface area (Å²) in [5, 5.41) is 2.79. The second kappa shape index (κ2) is 8.28. The number of fused-ring (bicyclic) bond motifs is 1. The van der Waals surface area contributed by atoms with Crippen LogP contribution in [0.15, 0.2) is 17.3 Å². The van der Waals surface area contributed by atoms with Gasteiger partial charge in [0.1, 0.15) is 11.3 Å². The normalized spacial score (nSPS) is 12.6. The molecule has 0 aliphatic heterocycles. The summed E-state index contributed by atoms with van der Waals surface area (Å²) in [6.07, 6.45) is 5.78. The summed E-state index contributed by atoms with van der Waals surface area (Å²) < 4.78 is 13.3. The number of nitrogens with two attached hydrogens (primary N) is 1. The average Bonchev–Trinajstić information content (AvgIpc) is 2.53. The molecule has 2 aromatic rings. The number of amides is 1. The monoisotopic (exact) mass is 332 g/mol. The zero-order valence-corrected chi connectivity index (χ0v) is 13.8. The summed E-state index contributed by atoms with van der Waals surface area (Å²) >= 11 is 0. The van der Waals surface area contributed by atoms with Crippen LogP contribution in [0.3, 0.4) is 0 Å². The highest BCUT2D eigenvalue weighted by Crippen LogP contribution is 2.22. The molecule has 2 aromatic heterocycles. The number of carbonyl (C=O) groups is 1. The van der Waals surface area contributed by atoms with Crippen LogP contribution in [0, 0.1) is 11.7 Å². The molecule has 2 heterocycles. The molecular weight excluding hydrogens is 311 g/mol. The first-order valence-electron chi connectivity index (χ1n) is 7.87. The van der Waals surface area contributed by atoms with Gasteiger partial charge in [-0.25, -0.2) is 19.4 Å². The van der Waals surface area contributed by atoms with E-state index in [0.29, 0.717) is 23.4 Å². The Kier molecular flexibility index (Phi) is 6.11. The lowest BCUT2D eigenvalue weighted by Gasteiger charge is -2.12. The van der Waals surface area contributed by atoms with Gasteiger partial charge in [0.15, 0.2) is 5.82 Å². The summed E-state index contributed by atoms with van der Waals surface area (Å²) in [6.45, 7) is 4.08. The van der Waals surface area contributed by atoms with Crippen molar-refractivity contribution < 1.29 is 9.18 Å². The van der Waals surface area contributed by atoms with E-state index in [1.807, 2.05) is 0 Å². The van der Waals surface area contributed by atoms with E-state index >= 15 is 0 Å². The summed E-state index contributed by atoms with van der Waals surface area (Å²) in [7, 11) is 0. The standard InChI is InChI=1S/C16H21FN6O/c1-3-4-5-11(7-19-10(2)24)8-21-15-14-13(22-16(18)23-15)6-12(17)9-20-14/h6,8-9,11H,3-5,7H2,1-2H3,(H,19,24)(H2,18,22,23). The summed E-state index contributed by atoms with van der Waals surface area (Å²) in [6, 6.07) is 1.24. The number of nitrogen functional groups attached to an aromatic ring is 1. The number of carbonyl (C=O) groups excluding carboxylic acids is 1. The maximum absolute atomic E-state index is 13.3. The summed E-state index contributed by atoms with van der Waals surface area (Å²) in [5.41, 5.74) is 6.35. The Morgan fingerprint density at radius 2 is 2.29 bits per heavy atom. The van der Waals surface area contributed by atoms with E-state index in [0.717, 1.165) is 25.5 Å². The van der Waals surface area contributed by atoms with Crippen LogP contribution < -0.4 is 11.1 Å². The zero-order valence-electron chi connectivity index (χ0n) is 13.8. The van der Waals surface area contributed by atoms with Crippen molar-refractivity contribution in [2.24, 2.45) is 10.9 Å². The smallest absolute Gasteiger partial charge is 0.222 e. The van der Waals surface area contributed by atoms with Crippen molar-refractivity contribution in [3.8, 4) is 0 Å². The molecule has 0 aliphatic rings. The molecule has 1 amide bonds. The van der Waals surface area contributed by atoms with Crippen LogP contribution in [0.1, 0.15) is 33.1 Å². The number of hydrogen-bond acceptors (Lipinski definition) is 6. The first-order chi connectivity index (χ1) is 11.5. The largest absolute Gasteiger partial charge is 0.368 e. The molecule has 128 valence electrons. The van der Waals surface area contributed by atoms with Crippen molar-refractivity contribution in [3.63, 3.8) is 0 Å². The number of nitrogens with zero attached hydrogens (tertiary/aromatic N) is 4. The SMILES string of the molecule is CCCCC(C=Nc1nc(N)nc2cc(F)cnc12)CNC(C)=O. The van der Waals surface area contributed by atoms with Gasteiger partial charge in [-0.2, -0.15) is 4.98 Å². The van der Waals surface area contributed by atoms with Crippen molar-refractivity contribution in [1.82, 2.24) is 20.3 Å². The van der Waals surface area contributed by atoms with Crippen LogP contribution in [-0.4, -0.2) is 33.6 Å². The van der Waals surface area contributed by atoms with Crippen LogP contribution in [0.2, 0.25) is 0 Å². The molecule has 0 radical (unpaired) electrons. The summed E-state index contributed by atoms with van der Waals surface area (Å²) in [5.74, 6) is -0.211. The van der Waals surface area contributed by atoms with Crippen molar-refractivity contribution >= 4 is 34.9 Å². The fourth-order valence-electron chi connectivity index (χ4n) is 2.23. The van der Waals surface area contributed by atoms with Gasteiger partial charge in [0, 0.05) is 31.7 Å². The highest BCUT2D eigenvalue weighted by molar-refractivity contribution is 5.86. The van der Waals surface area contributed by atoms with Gasteiger partial charge in [-0.1, -0.05) is 19.8 Å². The third-order valence-corrected chi connectivity index (χ3v) is 3.45. The first-order valence-corrected chi connectivity index (χ1v) is 7.87. The van der Waals surface area contributed by atoms with Gasteiger partial charge >= 0.3 is 0 Å². The van der Waals surface area contributed by atoms with Gasteiger partial charge in [0.2, 0.25) is 11.9 Å². The molecule has 0 spiro atoms. The van der Waals surface area contributed by atoms with Gasteiger partial charge in [-0.15, -0.1) is 0 Å². The van der Waals surface area contributed by atoms with Crippen LogP contribution in [0.25, 0.3) is 11.0 Å². The molecule has 0 fully saturated rings. The molecule has 1 atom stereocenters. The Hall–Kier alpha value is -2.64. The fraction of sp³-hybridized carbons (Fsp3) is 0.438. The molecule has 0 saturated heterocycles. The van der Waals surface area contributed by atoms with E-state index < -0.39 is 5.82 Å². The van der Waals surface area contributed by atoms with Crippen LogP contribution in [0.5, 0.6) is 0 Å². The van der Waals surface area contributed by atoms with E-state index in [1.165, 1.54) is 13.0 Å². The van der Waals surface area contributed by atoms with E-state index in [9.17, 15) is 9.18 Å². The molecule has 0 aromatic carbocycles. The quantitative estimate of drug-likeness (QED) is 0.757. The van der Waals surface area contributed by atoms with Crippen molar-refractivity contribution in [1.29, 1.82) is 0 Å².